The van der Waals surface area contributed by atoms with Crippen LogP contribution in [0.5, 0.6) is 0 Å². The monoisotopic (exact) mass is 412 g/mol. The first-order valence-corrected chi connectivity index (χ1v) is 10.7. The van der Waals surface area contributed by atoms with Gasteiger partial charge in [0.05, 0.1) is 10.6 Å². The van der Waals surface area contributed by atoms with Crippen LogP contribution in [0, 0.1) is 6.92 Å². The molecule has 1 amide bonds. The Morgan fingerprint density at radius 1 is 1.07 bits per heavy atom. The third kappa shape index (κ3) is 4.38. The van der Waals surface area contributed by atoms with Gasteiger partial charge in [-0.15, -0.1) is 0 Å². The Bertz CT molecular complexity index is 1100. The summed E-state index contributed by atoms with van der Waals surface area (Å²) in [5, 5.41) is 7.14. The molecular weight excluding hydrogens is 388 g/mol. The summed E-state index contributed by atoms with van der Waals surface area (Å²) in [7, 11) is -2.02. The fraction of sp³-hybridized carbons (Fsp3) is 0.238. The predicted molar refractivity (Wildman–Crippen MR) is 113 cm³/mol. The van der Waals surface area contributed by atoms with Crippen LogP contribution in [-0.2, 0) is 10.0 Å². The Hall–Kier alpha value is -2.97. The molecule has 0 saturated heterocycles. The number of aromatic nitrogens is 2. The highest BCUT2D eigenvalue weighted by Gasteiger charge is 2.23. The molecule has 0 fully saturated rings. The van der Waals surface area contributed by atoms with Crippen molar-refractivity contribution in [3.63, 3.8) is 0 Å². The first-order chi connectivity index (χ1) is 13.7. The number of para-hydroxylation sites is 1. The molecule has 0 bridgehead atoms. The number of amides is 1. The number of nitrogens with one attached hydrogen (secondary N) is 1. The van der Waals surface area contributed by atoms with Crippen molar-refractivity contribution in [2.75, 3.05) is 12.4 Å². The number of hydrogen-bond donors (Lipinski definition) is 1. The summed E-state index contributed by atoms with van der Waals surface area (Å²) >= 11 is 0. The highest BCUT2D eigenvalue weighted by Crippen LogP contribution is 2.20. The SMILES string of the molecule is Cc1cc(C(=O)Nc2ccc(S(=O)(=O)N(C)C(C)C)cc2)nn1-c1ccccc1. The molecule has 7 nitrogen and oxygen atoms in total. The number of aryl methyl sites for hydroxylation is 1. The number of sulfonamides is 1. The van der Waals surface area contributed by atoms with Crippen LogP contribution in [0.25, 0.3) is 5.69 Å². The van der Waals surface area contributed by atoms with Crippen molar-refractivity contribution in [2.24, 2.45) is 0 Å². The summed E-state index contributed by atoms with van der Waals surface area (Å²) in [4.78, 5) is 12.8. The quantitative estimate of drug-likeness (QED) is 0.672. The molecule has 0 atom stereocenters. The number of carbonyl (C=O) groups is 1. The fourth-order valence-corrected chi connectivity index (χ4v) is 4.13. The summed E-state index contributed by atoms with van der Waals surface area (Å²) in [5.41, 5.74) is 2.48. The summed E-state index contributed by atoms with van der Waals surface area (Å²) in [6, 6.07) is 17.2. The van der Waals surface area contributed by atoms with E-state index < -0.39 is 10.0 Å². The highest BCUT2D eigenvalue weighted by molar-refractivity contribution is 7.89. The number of benzene rings is 2. The molecule has 1 heterocycles. The average molecular weight is 413 g/mol. The molecule has 8 heteroatoms. The van der Waals surface area contributed by atoms with Gasteiger partial charge < -0.3 is 5.32 Å². The average Bonchev–Trinajstić information content (AvgIpc) is 3.10. The first-order valence-electron chi connectivity index (χ1n) is 9.21. The van der Waals surface area contributed by atoms with Crippen LogP contribution < -0.4 is 5.32 Å². The summed E-state index contributed by atoms with van der Waals surface area (Å²) in [6.07, 6.45) is 0. The van der Waals surface area contributed by atoms with Crippen LogP contribution in [0.1, 0.15) is 30.0 Å². The maximum atomic E-state index is 12.6. The highest BCUT2D eigenvalue weighted by atomic mass is 32.2. The molecule has 1 N–H and O–H groups in total. The van der Waals surface area contributed by atoms with Gasteiger partial charge in [-0.3, -0.25) is 4.79 Å². The molecule has 0 spiro atoms. The molecule has 0 aliphatic rings. The van der Waals surface area contributed by atoms with E-state index in [-0.39, 0.29) is 22.5 Å². The molecule has 2 aromatic carbocycles. The van der Waals surface area contributed by atoms with E-state index in [1.54, 1.807) is 29.9 Å². The molecule has 29 heavy (non-hydrogen) atoms. The molecular formula is C21H24N4O3S. The molecule has 3 aromatic rings. The zero-order valence-corrected chi connectivity index (χ0v) is 17.6. The minimum absolute atomic E-state index is 0.151. The summed E-state index contributed by atoms with van der Waals surface area (Å²) in [5.74, 6) is -0.363. The van der Waals surface area contributed by atoms with E-state index in [2.05, 4.69) is 10.4 Å². The van der Waals surface area contributed by atoms with Crippen LogP contribution in [-0.4, -0.2) is 41.5 Å². The molecule has 0 unspecified atom stereocenters. The third-order valence-corrected chi connectivity index (χ3v) is 6.69. The number of hydrogen-bond acceptors (Lipinski definition) is 4. The van der Waals surface area contributed by atoms with Crippen molar-refractivity contribution < 1.29 is 13.2 Å². The topological polar surface area (TPSA) is 84.3 Å². The second-order valence-corrected chi connectivity index (χ2v) is 9.01. The Labute approximate surface area is 171 Å². The molecule has 152 valence electrons. The summed E-state index contributed by atoms with van der Waals surface area (Å²) in [6.45, 7) is 5.49. The van der Waals surface area contributed by atoms with Gasteiger partial charge in [0, 0.05) is 24.5 Å². The van der Waals surface area contributed by atoms with Gasteiger partial charge in [-0.1, -0.05) is 18.2 Å². The van der Waals surface area contributed by atoms with Crippen molar-refractivity contribution in [2.45, 2.75) is 31.7 Å². The molecule has 0 aliphatic carbocycles. The summed E-state index contributed by atoms with van der Waals surface area (Å²) < 4.78 is 28.1. The maximum Gasteiger partial charge on any atom is 0.276 e. The van der Waals surface area contributed by atoms with Gasteiger partial charge in [-0.2, -0.15) is 9.40 Å². The van der Waals surface area contributed by atoms with Crippen LogP contribution in [0.15, 0.2) is 65.6 Å². The Morgan fingerprint density at radius 2 is 1.69 bits per heavy atom. The van der Waals surface area contributed by atoms with Crippen LogP contribution in [0.4, 0.5) is 5.69 Å². The Morgan fingerprint density at radius 3 is 2.28 bits per heavy atom. The van der Waals surface area contributed by atoms with Gasteiger partial charge in [-0.25, -0.2) is 13.1 Å². The number of anilines is 1. The van der Waals surface area contributed by atoms with Crippen LogP contribution in [0.3, 0.4) is 0 Å². The van der Waals surface area contributed by atoms with E-state index in [1.165, 1.54) is 16.4 Å². The zero-order chi connectivity index (χ0) is 21.2. The molecule has 1 aromatic heterocycles. The van der Waals surface area contributed by atoms with Crippen molar-refractivity contribution in [1.29, 1.82) is 0 Å². The lowest BCUT2D eigenvalue weighted by atomic mass is 10.3. The second kappa shape index (κ2) is 8.18. The number of carbonyl (C=O) groups excluding carboxylic acids is 1. The van der Waals surface area contributed by atoms with E-state index in [0.29, 0.717) is 5.69 Å². The minimum Gasteiger partial charge on any atom is -0.321 e. The van der Waals surface area contributed by atoms with Gasteiger partial charge in [0.1, 0.15) is 0 Å². The van der Waals surface area contributed by atoms with Crippen molar-refractivity contribution in [3.05, 3.63) is 72.1 Å². The van der Waals surface area contributed by atoms with Gasteiger partial charge in [0.25, 0.3) is 5.91 Å². The van der Waals surface area contributed by atoms with Crippen LogP contribution >= 0.6 is 0 Å². The van der Waals surface area contributed by atoms with Crippen molar-refractivity contribution >= 4 is 21.6 Å². The molecule has 0 radical (unpaired) electrons. The normalized spacial score (nSPS) is 11.8. The lowest BCUT2D eigenvalue weighted by molar-refractivity contribution is 0.102. The second-order valence-electron chi connectivity index (χ2n) is 7.01. The minimum atomic E-state index is -3.56. The molecule has 3 rings (SSSR count). The Balaban J connectivity index is 1.77. The molecule has 0 saturated carbocycles. The maximum absolute atomic E-state index is 12.6. The molecule has 0 aliphatic heterocycles. The van der Waals surface area contributed by atoms with E-state index in [9.17, 15) is 13.2 Å². The van der Waals surface area contributed by atoms with Gasteiger partial charge in [-0.05, 0) is 63.2 Å². The van der Waals surface area contributed by atoms with Crippen LogP contribution in [0.2, 0.25) is 0 Å². The van der Waals surface area contributed by atoms with Crippen molar-refractivity contribution in [1.82, 2.24) is 14.1 Å². The Kier molecular flexibility index (Phi) is 5.86. The largest absolute Gasteiger partial charge is 0.321 e. The smallest absolute Gasteiger partial charge is 0.276 e. The van der Waals surface area contributed by atoms with Crippen molar-refractivity contribution in [3.8, 4) is 5.69 Å². The predicted octanol–water partition coefficient (Wildman–Crippen LogP) is 3.46. The van der Waals surface area contributed by atoms with Gasteiger partial charge in [0.15, 0.2) is 5.69 Å². The van der Waals surface area contributed by atoms with E-state index >= 15 is 0 Å². The lowest BCUT2D eigenvalue weighted by Crippen LogP contribution is -2.33. The van der Waals surface area contributed by atoms with Gasteiger partial charge in [0.2, 0.25) is 10.0 Å². The zero-order valence-electron chi connectivity index (χ0n) is 16.8. The number of rotatable bonds is 6. The first kappa shape index (κ1) is 20.8. The standard InChI is InChI=1S/C21H24N4O3S/c1-15(2)24(4)29(27,28)19-12-10-17(11-13-19)22-21(26)20-14-16(3)25(23-20)18-8-6-5-7-9-18/h5-15H,1-4H3,(H,22,26). The van der Waals surface area contributed by atoms with Gasteiger partial charge >= 0.3 is 0 Å². The van der Waals surface area contributed by atoms with E-state index in [1.807, 2.05) is 51.1 Å². The fourth-order valence-electron chi connectivity index (χ4n) is 2.77. The van der Waals surface area contributed by atoms with E-state index in [0.717, 1.165) is 11.4 Å². The lowest BCUT2D eigenvalue weighted by Gasteiger charge is -2.21. The third-order valence-electron chi connectivity index (χ3n) is 4.64. The number of nitrogens with zero attached hydrogens (tertiary/aromatic N) is 3. The van der Waals surface area contributed by atoms with E-state index in [4.69, 9.17) is 0 Å².